The van der Waals surface area contributed by atoms with Gasteiger partial charge in [-0.2, -0.15) is 4.31 Å². The van der Waals surface area contributed by atoms with E-state index in [1.165, 1.54) is 0 Å². The van der Waals surface area contributed by atoms with Gasteiger partial charge < -0.3 is 10.0 Å². The molecule has 1 rings (SSSR count). The third-order valence-corrected chi connectivity index (χ3v) is 5.11. The fourth-order valence-corrected chi connectivity index (χ4v) is 3.78. The van der Waals surface area contributed by atoms with E-state index < -0.39 is 10.0 Å². The molecule has 1 N–H and O–H groups in total. The third-order valence-electron chi connectivity index (χ3n) is 3.16. The van der Waals surface area contributed by atoms with Crippen LogP contribution < -0.4 is 0 Å². The largest absolute Gasteiger partial charge is 0.396 e. The van der Waals surface area contributed by atoms with Crippen LogP contribution in [-0.4, -0.2) is 67.8 Å². The first kappa shape index (κ1) is 15.9. The average Bonchev–Trinajstić information content (AvgIpc) is 2.29. The van der Waals surface area contributed by atoms with Gasteiger partial charge in [-0.25, -0.2) is 8.42 Å². The van der Waals surface area contributed by atoms with E-state index in [2.05, 4.69) is 18.7 Å². The van der Waals surface area contributed by atoms with Crippen LogP contribution in [0, 0.1) is 5.92 Å². The number of aliphatic hydroxyl groups excluding tert-OH is 1. The number of hydrogen-bond acceptors (Lipinski definition) is 4. The first-order valence-electron chi connectivity index (χ1n) is 6.76. The van der Waals surface area contributed by atoms with Crippen molar-refractivity contribution in [2.24, 2.45) is 5.92 Å². The van der Waals surface area contributed by atoms with E-state index >= 15 is 0 Å². The molecule has 0 radical (unpaired) electrons. The van der Waals surface area contributed by atoms with Gasteiger partial charge in [-0.3, -0.25) is 0 Å². The number of nitrogens with zero attached hydrogens (tertiary/aromatic N) is 2. The van der Waals surface area contributed by atoms with Crippen molar-refractivity contribution in [3.8, 4) is 0 Å². The molecule has 0 bridgehead atoms. The Labute approximate surface area is 111 Å². The van der Waals surface area contributed by atoms with Gasteiger partial charge in [0.1, 0.15) is 0 Å². The summed E-state index contributed by atoms with van der Waals surface area (Å²) in [6.45, 7) is 8.34. The normalized spacial score (nSPS) is 19.6. The van der Waals surface area contributed by atoms with Crippen molar-refractivity contribution in [2.45, 2.75) is 26.7 Å². The Balaban J connectivity index is 2.37. The fraction of sp³-hybridized carbons (Fsp3) is 1.00. The Hall–Kier alpha value is -0.170. The topological polar surface area (TPSA) is 60.9 Å². The van der Waals surface area contributed by atoms with Crippen LogP contribution in [0.25, 0.3) is 0 Å². The molecular formula is C12H26N2O3S. The number of aliphatic hydroxyl groups is 1. The Morgan fingerprint density at radius 2 is 1.72 bits per heavy atom. The molecule has 0 unspecified atom stereocenters. The van der Waals surface area contributed by atoms with Gasteiger partial charge in [-0.05, 0) is 18.8 Å². The number of unbranched alkanes of at least 4 members (excludes halogenated alkanes) is 1. The van der Waals surface area contributed by atoms with Gasteiger partial charge in [0, 0.05) is 39.3 Å². The molecule has 6 heteroatoms. The molecule has 1 aliphatic heterocycles. The van der Waals surface area contributed by atoms with Gasteiger partial charge in [0.2, 0.25) is 10.0 Å². The molecule has 1 aliphatic rings. The third kappa shape index (κ3) is 5.22. The Kier molecular flexibility index (Phi) is 6.55. The van der Waals surface area contributed by atoms with E-state index in [0.717, 1.165) is 19.6 Å². The van der Waals surface area contributed by atoms with Crippen LogP contribution in [0.3, 0.4) is 0 Å². The van der Waals surface area contributed by atoms with E-state index in [9.17, 15) is 8.42 Å². The number of hydrogen-bond donors (Lipinski definition) is 1. The molecule has 0 aromatic carbocycles. The zero-order valence-electron chi connectivity index (χ0n) is 11.5. The zero-order chi connectivity index (χ0) is 13.6. The lowest BCUT2D eigenvalue weighted by Crippen LogP contribution is -2.49. The van der Waals surface area contributed by atoms with Crippen LogP contribution in [0.4, 0.5) is 0 Å². The molecule has 0 aromatic heterocycles. The summed E-state index contributed by atoms with van der Waals surface area (Å²) in [5.41, 5.74) is 0. The summed E-state index contributed by atoms with van der Waals surface area (Å²) in [7, 11) is -3.11. The zero-order valence-corrected chi connectivity index (χ0v) is 12.3. The molecule has 0 spiro atoms. The predicted octanol–water partition coefficient (Wildman–Crippen LogP) is 0.362. The van der Waals surface area contributed by atoms with Crippen molar-refractivity contribution < 1.29 is 13.5 Å². The number of rotatable bonds is 7. The van der Waals surface area contributed by atoms with Crippen LogP contribution in [-0.2, 0) is 10.0 Å². The predicted molar refractivity (Wildman–Crippen MR) is 73.0 cm³/mol. The van der Waals surface area contributed by atoms with Crippen molar-refractivity contribution in [3.63, 3.8) is 0 Å². The van der Waals surface area contributed by atoms with Crippen molar-refractivity contribution >= 4 is 10.0 Å². The molecule has 1 fully saturated rings. The maximum atomic E-state index is 12.0. The van der Waals surface area contributed by atoms with Gasteiger partial charge >= 0.3 is 0 Å². The lowest BCUT2D eigenvalue weighted by atomic mass is 10.2. The number of piperazine rings is 1. The monoisotopic (exact) mass is 278 g/mol. The quantitative estimate of drug-likeness (QED) is 0.683. The highest BCUT2D eigenvalue weighted by molar-refractivity contribution is 7.89. The minimum atomic E-state index is -3.11. The van der Waals surface area contributed by atoms with Crippen molar-refractivity contribution in [1.29, 1.82) is 0 Å². The Morgan fingerprint density at radius 3 is 2.22 bits per heavy atom. The second-order valence-electron chi connectivity index (χ2n) is 5.34. The lowest BCUT2D eigenvalue weighted by Gasteiger charge is -2.34. The highest BCUT2D eigenvalue weighted by Gasteiger charge is 2.26. The van der Waals surface area contributed by atoms with E-state index in [1.54, 1.807) is 4.31 Å². The van der Waals surface area contributed by atoms with Crippen molar-refractivity contribution in [2.75, 3.05) is 45.1 Å². The molecule has 108 valence electrons. The molecular weight excluding hydrogens is 252 g/mol. The molecule has 0 atom stereocenters. The minimum absolute atomic E-state index is 0.0671. The summed E-state index contributed by atoms with van der Waals surface area (Å²) < 4.78 is 25.6. The van der Waals surface area contributed by atoms with E-state index in [1.807, 2.05) is 0 Å². The molecule has 0 amide bonds. The highest BCUT2D eigenvalue weighted by Crippen LogP contribution is 2.11. The summed E-state index contributed by atoms with van der Waals surface area (Å²) in [5, 5.41) is 8.68. The Morgan fingerprint density at radius 1 is 1.11 bits per heavy atom. The molecule has 0 aliphatic carbocycles. The number of sulfonamides is 1. The van der Waals surface area contributed by atoms with Crippen LogP contribution in [0.1, 0.15) is 26.7 Å². The molecule has 1 saturated heterocycles. The maximum Gasteiger partial charge on any atom is 0.214 e. The van der Waals surface area contributed by atoms with Gasteiger partial charge in [0.25, 0.3) is 0 Å². The SMILES string of the molecule is CC(C)CN1CCN(S(=O)(=O)CCCCO)CC1. The maximum absolute atomic E-state index is 12.0. The van der Waals surface area contributed by atoms with E-state index in [0.29, 0.717) is 31.8 Å². The second kappa shape index (κ2) is 7.43. The van der Waals surface area contributed by atoms with Crippen LogP contribution in [0.15, 0.2) is 0 Å². The summed E-state index contributed by atoms with van der Waals surface area (Å²) in [6.07, 6.45) is 1.11. The van der Waals surface area contributed by atoms with E-state index in [-0.39, 0.29) is 12.4 Å². The summed E-state index contributed by atoms with van der Waals surface area (Å²) in [4.78, 5) is 2.32. The van der Waals surface area contributed by atoms with Crippen LogP contribution in [0.2, 0.25) is 0 Å². The molecule has 1 heterocycles. The van der Waals surface area contributed by atoms with Gasteiger partial charge in [0.05, 0.1) is 5.75 Å². The van der Waals surface area contributed by atoms with Gasteiger partial charge in [0.15, 0.2) is 0 Å². The summed E-state index contributed by atoms with van der Waals surface area (Å²) >= 11 is 0. The smallest absolute Gasteiger partial charge is 0.214 e. The first-order chi connectivity index (χ1) is 8.45. The van der Waals surface area contributed by atoms with Crippen molar-refractivity contribution in [3.05, 3.63) is 0 Å². The standard InChI is InChI=1S/C12H26N2O3S/c1-12(2)11-13-5-7-14(8-6-13)18(16,17)10-4-3-9-15/h12,15H,3-11H2,1-2H3. The lowest BCUT2D eigenvalue weighted by molar-refractivity contribution is 0.172. The molecule has 0 saturated carbocycles. The van der Waals surface area contributed by atoms with Gasteiger partial charge in [-0.15, -0.1) is 0 Å². The minimum Gasteiger partial charge on any atom is -0.396 e. The molecule has 5 nitrogen and oxygen atoms in total. The average molecular weight is 278 g/mol. The second-order valence-corrected chi connectivity index (χ2v) is 7.43. The first-order valence-corrected chi connectivity index (χ1v) is 8.37. The Bertz CT molecular complexity index is 322. The van der Waals surface area contributed by atoms with Gasteiger partial charge in [-0.1, -0.05) is 13.8 Å². The van der Waals surface area contributed by atoms with E-state index in [4.69, 9.17) is 5.11 Å². The molecule has 18 heavy (non-hydrogen) atoms. The summed E-state index contributed by atoms with van der Waals surface area (Å²) in [5.74, 6) is 0.787. The molecule has 0 aromatic rings. The highest BCUT2D eigenvalue weighted by atomic mass is 32.2. The van der Waals surface area contributed by atoms with Crippen LogP contribution >= 0.6 is 0 Å². The van der Waals surface area contributed by atoms with Crippen LogP contribution in [0.5, 0.6) is 0 Å². The van der Waals surface area contributed by atoms with Crippen molar-refractivity contribution in [1.82, 2.24) is 9.21 Å². The fourth-order valence-electron chi connectivity index (χ4n) is 2.23. The summed E-state index contributed by atoms with van der Waals surface area (Å²) in [6, 6.07) is 0.